The van der Waals surface area contributed by atoms with Crippen molar-refractivity contribution in [3.05, 3.63) is 36.2 Å². The van der Waals surface area contributed by atoms with Crippen molar-refractivity contribution in [1.82, 2.24) is 15.1 Å². The van der Waals surface area contributed by atoms with E-state index in [0.717, 1.165) is 5.75 Å². The SMILES string of the molecule is CC(C)c1nnc(N2CCN(C(=O)CCOc3ccccc3)CC2)o1. The molecule has 7 nitrogen and oxygen atoms in total. The molecule has 0 unspecified atom stereocenters. The van der Waals surface area contributed by atoms with E-state index < -0.39 is 0 Å². The maximum absolute atomic E-state index is 12.3. The topological polar surface area (TPSA) is 71.7 Å². The lowest BCUT2D eigenvalue weighted by Crippen LogP contribution is -2.49. The third-order valence-electron chi connectivity index (χ3n) is 4.15. The van der Waals surface area contributed by atoms with E-state index in [1.54, 1.807) is 0 Å². The van der Waals surface area contributed by atoms with Crippen LogP contribution in [0, 0.1) is 0 Å². The van der Waals surface area contributed by atoms with Gasteiger partial charge in [-0.05, 0) is 12.1 Å². The molecule has 0 N–H and O–H groups in total. The predicted octanol–water partition coefficient (Wildman–Crippen LogP) is 2.31. The highest BCUT2D eigenvalue weighted by Gasteiger charge is 2.24. The smallest absolute Gasteiger partial charge is 0.318 e. The lowest BCUT2D eigenvalue weighted by atomic mass is 10.2. The van der Waals surface area contributed by atoms with Gasteiger partial charge < -0.3 is 19.0 Å². The minimum atomic E-state index is 0.115. The summed E-state index contributed by atoms with van der Waals surface area (Å²) < 4.78 is 11.3. The van der Waals surface area contributed by atoms with Crippen LogP contribution in [-0.2, 0) is 4.79 Å². The number of para-hydroxylation sites is 1. The first-order chi connectivity index (χ1) is 12.1. The molecule has 1 aliphatic rings. The Labute approximate surface area is 147 Å². The lowest BCUT2D eigenvalue weighted by molar-refractivity contribution is -0.132. The number of piperazine rings is 1. The van der Waals surface area contributed by atoms with Gasteiger partial charge in [-0.1, -0.05) is 37.1 Å². The summed E-state index contributed by atoms with van der Waals surface area (Å²) in [5.41, 5.74) is 0. The van der Waals surface area contributed by atoms with Crippen LogP contribution in [0.1, 0.15) is 32.1 Å². The van der Waals surface area contributed by atoms with Crippen molar-refractivity contribution in [2.45, 2.75) is 26.2 Å². The summed E-state index contributed by atoms with van der Waals surface area (Å²) in [5.74, 6) is 1.77. The van der Waals surface area contributed by atoms with E-state index in [4.69, 9.17) is 9.15 Å². The Balaban J connectivity index is 1.42. The highest BCUT2D eigenvalue weighted by Crippen LogP contribution is 2.19. The largest absolute Gasteiger partial charge is 0.493 e. The van der Waals surface area contributed by atoms with Gasteiger partial charge in [-0.3, -0.25) is 4.79 Å². The Morgan fingerprint density at radius 2 is 1.88 bits per heavy atom. The van der Waals surface area contributed by atoms with Crippen molar-refractivity contribution in [3.8, 4) is 5.75 Å². The van der Waals surface area contributed by atoms with Crippen molar-refractivity contribution >= 4 is 11.9 Å². The molecule has 7 heteroatoms. The summed E-state index contributed by atoms with van der Waals surface area (Å²) in [6.45, 7) is 7.14. The minimum absolute atomic E-state index is 0.115. The number of nitrogens with zero attached hydrogens (tertiary/aromatic N) is 4. The van der Waals surface area contributed by atoms with Crippen molar-refractivity contribution in [3.63, 3.8) is 0 Å². The van der Waals surface area contributed by atoms with Gasteiger partial charge in [-0.25, -0.2) is 0 Å². The number of carbonyl (C=O) groups is 1. The number of ether oxygens (including phenoxy) is 1. The van der Waals surface area contributed by atoms with Crippen molar-refractivity contribution in [2.24, 2.45) is 0 Å². The molecule has 134 valence electrons. The molecule has 2 aromatic rings. The van der Waals surface area contributed by atoms with Crippen LogP contribution in [0.25, 0.3) is 0 Å². The van der Waals surface area contributed by atoms with Crippen molar-refractivity contribution in [2.75, 3.05) is 37.7 Å². The molecule has 1 aliphatic heterocycles. The van der Waals surface area contributed by atoms with Crippen LogP contribution in [-0.4, -0.2) is 53.8 Å². The van der Waals surface area contributed by atoms with Crippen molar-refractivity contribution < 1.29 is 13.9 Å². The third kappa shape index (κ3) is 4.49. The van der Waals surface area contributed by atoms with Gasteiger partial charge >= 0.3 is 6.01 Å². The maximum atomic E-state index is 12.3. The molecule has 0 saturated carbocycles. The number of amides is 1. The normalized spacial score (nSPS) is 14.8. The van der Waals surface area contributed by atoms with Crippen LogP contribution >= 0.6 is 0 Å². The predicted molar refractivity (Wildman–Crippen MR) is 93.7 cm³/mol. The van der Waals surface area contributed by atoms with Crippen LogP contribution in [0.2, 0.25) is 0 Å². The molecule has 0 bridgehead atoms. The quantitative estimate of drug-likeness (QED) is 0.801. The van der Waals surface area contributed by atoms with Gasteiger partial charge in [-0.2, -0.15) is 0 Å². The molecule has 1 aromatic heterocycles. The number of carbonyl (C=O) groups excluding carboxylic acids is 1. The second kappa shape index (κ2) is 8.00. The maximum Gasteiger partial charge on any atom is 0.318 e. The van der Waals surface area contributed by atoms with Gasteiger partial charge in [0.2, 0.25) is 11.8 Å². The highest BCUT2D eigenvalue weighted by atomic mass is 16.5. The van der Waals surface area contributed by atoms with Crippen LogP contribution < -0.4 is 9.64 Å². The summed E-state index contributed by atoms with van der Waals surface area (Å²) in [4.78, 5) is 16.2. The van der Waals surface area contributed by atoms with E-state index in [0.29, 0.717) is 51.1 Å². The Hall–Kier alpha value is -2.57. The summed E-state index contributed by atoms with van der Waals surface area (Å²) in [5, 5.41) is 8.16. The van der Waals surface area contributed by atoms with E-state index in [1.165, 1.54) is 0 Å². The fourth-order valence-electron chi connectivity index (χ4n) is 2.67. The standard InChI is InChI=1S/C18H24N4O3/c1-14(2)17-19-20-18(25-17)22-11-9-21(10-12-22)16(23)8-13-24-15-6-4-3-5-7-15/h3-7,14H,8-13H2,1-2H3. The van der Waals surface area contributed by atoms with E-state index in [1.807, 2.05) is 54.0 Å². The molecule has 0 radical (unpaired) electrons. The first-order valence-corrected chi connectivity index (χ1v) is 8.67. The zero-order valence-electron chi connectivity index (χ0n) is 14.7. The molecule has 0 aliphatic carbocycles. The zero-order chi connectivity index (χ0) is 17.6. The molecule has 2 heterocycles. The second-order valence-corrected chi connectivity index (χ2v) is 6.36. The van der Waals surface area contributed by atoms with Crippen LogP contribution in [0.3, 0.4) is 0 Å². The van der Waals surface area contributed by atoms with Gasteiger partial charge in [0.05, 0.1) is 13.0 Å². The van der Waals surface area contributed by atoms with E-state index in [-0.39, 0.29) is 11.8 Å². The van der Waals surface area contributed by atoms with Gasteiger partial charge in [-0.15, -0.1) is 5.10 Å². The molecular weight excluding hydrogens is 320 g/mol. The lowest BCUT2D eigenvalue weighted by Gasteiger charge is -2.33. The molecule has 25 heavy (non-hydrogen) atoms. The molecule has 1 amide bonds. The summed E-state index contributed by atoms with van der Waals surface area (Å²) in [6, 6.07) is 10.1. The van der Waals surface area contributed by atoms with Gasteiger partial charge in [0, 0.05) is 32.1 Å². The Bertz CT molecular complexity index is 679. The fourth-order valence-corrected chi connectivity index (χ4v) is 2.67. The fraction of sp³-hybridized carbons (Fsp3) is 0.500. The van der Waals surface area contributed by atoms with E-state index >= 15 is 0 Å². The molecule has 3 rings (SSSR count). The summed E-state index contributed by atoms with van der Waals surface area (Å²) in [6.07, 6.45) is 0.382. The Kier molecular flexibility index (Phi) is 5.53. The summed E-state index contributed by atoms with van der Waals surface area (Å²) in [7, 11) is 0. The second-order valence-electron chi connectivity index (χ2n) is 6.36. The number of hydrogen-bond donors (Lipinski definition) is 0. The zero-order valence-corrected chi connectivity index (χ0v) is 14.7. The van der Waals surface area contributed by atoms with Gasteiger partial charge in [0.1, 0.15) is 5.75 Å². The van der Waals surface area contributed by atoms with E-state index in [2.05, 4.69) is 10.2 Å². The van der Waals surface area contributed by atoms with Crippen LogP contribution in [0.5, 0.6) is 5.75 Å². The Morgan fingerprint density at radius 1 is 1.16 bits per heavy atom. The molecular formula is C18H24N4O3. The third-order valence-corrected chi connectivity index (χ3v) is 4.15. The van der Waals surface area contributed by atoms with E-state index in [9.17, 15) is 4.79 Å². The number of aromatic nitrogens is 2. The minimum Gasteiger partial charge on any atom is -0.493 e. The number of benzene rings is 1. The molecule has 1 fully saturated rings. The van der Waals surface area contributed by atoms with Gasteiger partial charge in [0.25, 0.3) is 0 Å². The van der Waals surface area contributed by atoms with Crippen LogP contribution in [0.4, 0.5) is 6.01 Å². The first kappa shape index (κ1) is 17.3. The first-order valence-electron chi connectivity index (χ1n) is 8.67. The number of hydrogen-bond acceptors (Lipinski definition) is 6. The number of rotatable bonds is 6. The molecule has 0 atom stereocenters. The Morgan fingerprint density at radius 3 is 2.52 bits per heavy atom. The van der Waals surface area contributed by atoms with Crippen molar-refractivity contribution in [1.29, 1.82) is 0 Å². The van der Waals surface area contributed by atoms with Gasteiger partial charge in [0.15, 0.2) is 0 Å². The molecule has 1 aromatic carbocycles. The highest BCUT2D eigenvalue weighted by molar-refractivity contribution is 5.76. The molecule has 1 saturated heterocycles. The summed E-state index contributed by atoms with van der Waals surface area (Å²) >= 11 is 0. The number of anilines is 1. The average molecular weight is 344 g/mol. The van der Waals surface area contributed by atoms with Crippen LogP contribution in [0.15, 0.2) is 34.7 Å². The monoisotopic (exact) mass is 344 g/mol. The average Bonchev–Trinajstić information content (AvgIpc) is 3.13. The molecule has 0 spiro atoms.